The fourth-order valence-electron chi connectivity index (χ4n) is 2.23. The Labute approximate surface area is 176 Å². The zero-order chi connectivity index (χ0) is 23.0. The molecule has 5 N–H and O–H groups in total. The first-order chi connectivity index (χ1) is 14.7. The SMILES string of the molecule is O=C(/C=C/c1ccc(O)c(O)c1)NCC(OC(=O)/C=C/c1ccc(O)c(O)c1)C(=O)[O-]. The highest BCUT2D eigenvalue weighted by molar-refractivity contribution is 5.92. The third-order valence-corrected chi connectivity index (χ3v) is 3.82. The van der Waals surface area contributed by atoms with Crippen molar-refractivity contribution in [2.24, 2.45) is 0 Å². The summed E-state index contributed by atoms with van der Waals surface area (Å²) in [4.78, 5) is 34.8. The van der Waals surface area contributed by atoms with Gasteiger partial charge in [-0.05, 0) is 47.5 Å². The molecule has 0 saturated heterocycles. The number of benzene rings is 2. The maximum atomic E-state index is 11.8. The standard InChI is InChI=1S/C21H19NO9/c23-14-5-1-12(9-16(14)25)3-7-19(27)22-11-18(21(29)30)31-20(28)8-4-13-2-6-15(24)17(26)10-13/h1-10,18,23-26H,11H2,(H,22,27)(H,29,30)/p-1/b7-3+,8-4+. The van der Waals surface area contributed by atoms with Gasteiger partial charge in [-0.2, -0.15) is 0 Å². The van der Waals surface area contributed by atoms with Gasteiger partial charge in [-0.3, -0.25) is 4.79 Å². The lowest BCUT2D eigenvalue weighted by Gasteiger charge is -2.18. The molecule has 0 aliphatic carbocycles. The normalized spacial score (nSPS) is 12.0. The minimum atomic E-state index is -1.76. The Bertz CT molecular complexity index is 1040. The van der Waals surface area contributed by atoms with Crippen molar-refractivity contribution in [1.82, 2.24) is 5.32 Å². The first-order valence-corrected chi connectivity index (χ1v) is 8.75. The predicted octanol–water partition coefficient (Wildman–Crippen LogP) is 0.0135. The molecule has 10 nitrogen and oxygen atoms in total. The van der Waals surface area contributed by atoms with E-state index < -0.39 is 36.2 Å². The zero-order valence-corrected chi connectivity index (χ0v) is 15.9. The summed E-state index contributed by atoms with van der Waals surface area (Å²) in [6.45, 7) is -0.564. The number of phenolic OH excluding ortho intramolecular Hbond substituents is 4. The second-order valence-corrected chi connectivity index (χ2v) is 6.15. The smallest absolute Gasteiger partial charge is 0.331 e. The van der Waals surface area contributed by atoms with Crippen LogP contribution in [0, 0.1) is 0 Å². The van der Waals surface area contributed by atoms with Crippen molar-refractivity contribution >= 4 is 30.0 Å². The molecule has 31 heavy (non-hydrogen) atoms. The van der Waals surface area contributed by atoms with Gasteiger partial charge in [-0.15, -0.1) is 0 Å². The summed E-state index contributed by atoms with van der Waals surface area (Å²) in [5.74, 6) is -4.91. The number of rotatable bonds is 8. The van der Waals surface area contributed by atoms with E-state index in [9.17, 15) is 39.9 Å². The summed E-state index contributed by atoms with van der Waals surface area (Å²) >= 11 is 0. The second-order valence-electron chi connectivity index (χ2n) is 6.15. The van der Waals surface area contributed by atoms with Gasteiger partial charge in [0.1, 0.15) is 0 Å². The van der Waals surface area contributed by atoms with Crippen LogP contribution in [0.15, 0.2) is 48.6 Å². The summed E-state index contributed by atoms with van der Waals surface area (Å²) in [5, 5.41) is 50.6. The first kappa shape index (κ1) is 22.8. The van der Waals surface area contributed by atoms with Gasteiger partial charge < -0.3 is 40.4 Å². The van der Waals surface area contributed by atoms with Crippen molar-refractivity contribution in [2.75, 3.05) is 6.54 Å². The Hall–Kier alpha value is -4.47. The summed E-state index contributed by atoms with van der Waals surface area (Å²) in [7, 11) is 0. The highest BCUT2D eigenvalue weighted by Gasteiger charge is 2.15. The number of nitrogens with one attached hydrogen (secondary N) is 1. The quantitative estimate of drug-likeness (QED) is 0.220. The molecule has 2 aromatic carbocycles. The average Bonchev–Trinajstić information content (AvgIpc) is 2.72. The molecule has 2 aromatic rings. The van der Waals surface area contributed by atoms with E-state index in [1.165, 1.54) is 48.6 Å². The van der Waals surface area contributed by atoms with E-state index in [4.69, 9.17) is 4.74 Å². The van der Waals surface area contributed by atoms with Gasteiger partial charge in [-0.25, -0.2) is 4.79 Å². The minimum absolute atomic E-state index is 0.323. The highest BCUT2D eigenvalue weighted by atomic mass is 16.6. The van der Waals surface area contributed by atoms with Gasteiger partial charge in [0.25, 0.3) is 0 Å². The largest absolute Gasteiger partial charge is 0.546 e. The van der Waals surface area contributed by atoms with E-state index in [0.29, 0.717) is 11.1 Å². The number of aliphatic carboxylic acids is 1. The lowest BCUT2D eigenvalue weighted by molar-refractivity contribution is -0.315. The molecular formula is C21H18NO9-. The van der Waals surface area contributed by atoms with Crippen LogP contribution >= 0.6 is 0 Å². The van der Waals surface area contributed by atoms with E-state index in [1.54, 1.807) is 0 Å². The number of carboxylic acids is 1. The van der Waals surface area contributed by atoms with E-state index in [2.05, 4.69) is 5.32 Å². The van der Waals surface area contributed by atoms with Gasteiger partial charge in [0.15, 0.2) is 29.1 Å². The molecule has 162 valence electrons. The molecule has 0 aliphatic rings. The molecule has 2 rings (SSSR count). The van der Waals surface area contributed by atoms with Gasteiger partial charge in [0, 0.05) is 12.2 Å². The third-order valence-electron chi connectivity index (χ3n) is 3.82. The van der Waals surface area contributed by atoms with Crippen LogP contribution in [-0.2, 0) is 19.1 Å². The van der Waals surface area contributed by atoms with Crippen molar-refractivity contribution < 1.29 is 44.7 Å². The van der Waals surface area contributed by atoms with Crippen molar-refractivity contribution in [1.29, 1.82) is 0 Å². The topological polar surface area (TPSA) is 176 Å². The second kappa shape index (κ2) is 10.3. The van der Waals surface area contributed by atoms with E-state index in [1.807, 2.05) is 0 Å². The van der Waals surface area contributed by atoms with Crippen LogP contribution in [0.25, 0.3) is 12.2 Å². The van der Waals surface area contributed by atoms with Crippen LogP contribution in [-0.4, -0.2) is 50.9 Å². The molecule has 0 aliphatic heterocycles. The molecule has 10 heteroatoms. The highest BCUT2D eigenvalue weighted by Crippen LogP contribution is 2.26. The maximum absolute atomic E-state index is 11.8. The van der Waals surface area contributed by atoms with Crippen molar-refractivity contribution in [3.63, 3.8) is 0 Å². The zero-order valence-electron chi connectivity index (χ0n) is 15.9. The Balaban J connectivity index is 1.90. The van der Waals surface area contributed by atoms with Gasteiger partial charge >= 0.3 is 5.97 Å². The molecule has 1 atom stereocenters. The monoisotopic (exact) mass is 428 g/mol. The number of amides is 1. The van der Waals surface area contributed by atoms with Crippen LogP contribution < -0.4 is 10.4 Å². The van der Waals surface area contributed by atoms with Crippen LogP contribution in [0.4, 0.5) is 0 Å². The fourth-order valence-corrected chi connectivity index (χ4v) is 2.23. The minimum Gasteiger partial charge on any atom is -0.546 e. The number of carbonyl (C=O) groups is 3. The molecule has 0 bridgehead atoms. The van der Waals surface area contributed by atoms with Crippen LogP contribution in [0.5, 0.6) is 23.0 Å². The number of hydrogen-bond donors (Lipinski definition) is 5. The Morgan fingerprint density at radius 1 is 0.871 bits per heavy atom. The number of carboxylic acid groups (broad SMARTS) is 1. The van der Waals surface area contributed by atoms with Crippen LogP contribution in [0.3, 0.4) is 0 Å². The summed E-state index contributed by atoms with van der Waals surface area (Å²) < 4.78 is 4.73. The van der Waals surface area contributed by atoms with Gasteiger partial charge in [0.2, 0.25) is 5.91 Å². The first-order valence-electron chi connectivity index (χ1n) is 8.75. The molecule has 0 saturated carbocycles. The van der Waals surface area contributed by atoms with Crippen LogP contribution in [0.1, 0.15) is 11.1 Å². The Morgan fingerprint density at radius 3 is 1.87 bits per heavy atom. The van der Waals surface area contributed by atoms with Crippen LogP contribution in [0.2, 0.25) is 0 Å². The van der Waals surface area contributed by atoms with Crippen molar-refractivity contribution in [3.8, 4) is 23.0 Å². The number of hydrogen-bond acceptors (Lipinski definition) is 9. The summed E-state index contributed by atoms with van der Waals surface area (Å²) in [5.41, 5.74) is 0.745. The Kier molecular flexibility index (Phi) is 7.62. The predicted molar refractivity (Wildman–Crippen MR) is 106 cm³/mol. The fraction of sp³-hybridized carbons (Fsp3) is 0.0952. The Morgan fingerprint density at radius 2 is 1.39 bits per heavy atom. The molecular weight excluding hydrogens is 410 g/mol. The third kappa shape index (κ3) is 7.13. The van der Waals surface area contributed by atoms with Gasteiger partial charge in [-0.1, -0.05) is 12.1 Å². The molecule has 1 unspecified atom stereocenters. The number of carbonyl (C=O) groups excluding carboxylic acids is 3. The van der Waals surface area contributed by atoms with Crippen molar-refractivity contribution in [3.05, 3.63) is 59.7 Å². The lowest BCUT2D eigenvalue weighted by atomic mass is 10.2. The number of esters is 1. The molecule has 0 aromatic heterocycles. The van der Waals surface area contributed by atoms with E-state index in [0.717, 1.165) is 12.2 Å². The molecule has 0 radical (unpaired) electrons. The molecule has 1 amide bonds. The summed E-state index contributed by atoms with van der Waals surface area (Å²) in [6.07, 6.45) is 2.73. The average molecular weight is 428 g/mol. The van der Waals surface area contributed by atoms with E-state index in [-0.39, 0.29) is 17.2 Å². The number of phenols is 4. The molecule has 0 heterocycles. The van der Waals surface area contributed by atoms with E-state index >= 15 is 0 Å². The molecule has 0 spiro atoms. The van der Waals surface area contributed by atoms with Crippen molar-refractivity contribution in [2.45, 2.75) is 6.10 Å². The maximum Gasteiger partial charge on any atom is 0.331 e. The lowest BCUT2D eigenvalue weighted by Crippen LogP contribution is -2.45. The summed E-state index contributed by atoms with van der Waals surface area (Å²) in [6, 6.07) is 7.65. The number of aromatic hydroxyl groups is 4. The number of ether oxygens (including phenoxy) is 1. The van der Waals surface area contributed by atoms with Gasteiger partial charge in [0.05, 0.1) is 12.5 Å². The molecule has 0 fully saturated rings.